The van der Waals surface area contributed by atoms with Crippen LogP contribution in [-0.4, -0.2) is 41.7 Å². The summed E-state index contributed by atoms with van der Waals surface area (Å²) in [7, 11) is 0. The number of hydrogen-bond donors (Lipinski definition) is 1. The Morgan fingerprint density at radius 2 is 1.79 bits per heavy atom. The maximum Gasteiger partial charge on any atom is 0.341 e. The normalized spacial score (nSPS) is 17.4. The van der Waals surface area contributed by atoms with Crippen molar-refractivity contribution in [2.75, 3.05) is 18.5 Å². The quantitative estimate of drug-likeness (QED) is 0.476. The highest BCUT2D eigenvalue weighted by Gasteiger charge is 2.36. The molecule has 1 aromatic heterocycles. The Morgan fingerprint density at radius 1 is 1.15 bits per heavy atom. The van der Waals surface area contributed by atoms with E-state index in [-0.39, 0.29) is 42.7 Å². The van der Waals surface area contributed by atoms with Crippen molar-refractivity contribution in [3.8, 4) is 0 Å². The number of thiophene rings is 1. The standard InChI is InChI=1S/C26H30N2O5S/c1-5-33-25(32)21-18-11-10-15(26(2,3)4)14-19(18)34-22(21)27-20(29)12-13-28-23(30)16-8-6-7-9-17(16)24(28)31/h6-9,15H,5,10-14H2,1-4H3,(H,27,29). The highest BCUT2D eigenvalue weighted by Crippen LogP contribution is 2.44. The first kappa shape index (κ1) is 24.1. The summed E-state index contributed by atoms with van der Waals surface area (Å²) in [4.78, 5) is 52.9. The number of benzene rings is 1. The zero-order chi connectivity index (χ0) is 24.6. The summed E-state index contributed by atoms with van der Waals surface area (Å²) >= 11 is 1.43. The molecule has 0 spiro atoms. The summed E-state index contributed by atoms with van der Waals surface area (Å²) in [6.07, 6.45) is 2.56. The summed E-state index contributed by atoms with van der Waals surface area (Å²) in [5.74, 6) is -1.06. The number of hydrogen-bond acceptors (Lipinski definition) is 6. The Hall–Kier alpha value is -3.00. The molecule has 1 aromatic carbocycles. The van der Waals surface area contributed by atoms with E-state index in [2.05, 4.69) is 26.1 Å². The number of fused-ring (bicyclic) bond motifs is 2. The minimum Gasteiger partial charge on any atom is -0.462 e. The minimum atomic E-state index is -0.426. The molecule has 2 aromatic rings. The summed E-state index contributed by atoms with van der Waals surface area (Å²) in [6.45, 7) is 8.66. The smallest absolute Gasteiger partial charge is 0.341 e. The Labute approximate surface area is 203 Å². The van der Waals surface area contributed by atoms with E-state index in [9.17, 15) is 19.2 Å². The number of anilines is 1. The number of rotatable bonds is 6. The zero-order valence-electron chi connectivity index (χ0n) is 20.0. The van der Waals surface area contributed by atoms with Crippen LogP contribution in [-0.2, 0) is 22.4 Å². The van der Waals surface area contributed by atoms with Crippen LogP contribution in [0, 0.1) is 11.3 Å². The Morgan fingerprint density at radius 3 is 2.38 bits per heavy atom. The predicted octanol–water partition coefficient (Wildman–Crippen LogP) is 4.70. The molecule has 180 valence electrons. The molecule has 1 atom stereocenters. The fourth-order valence-electron chi connectivity index (χ4n) is 4.68. The third-order valence-electron chi connectivity index (χ3n) is 6.66. The second-order valence-electron chi connectivity index (χ2n) is 9.84. The van der Waals surface area contributed by atoms with Gasteiger partial charge in [0.15, 0.2) is 0 Å². The predicted molar refractivity (Wildman–Crippen MR) is 130 cm³/mol. The fraction of sp³-hybridized carbons (Fsp3) is 0.462. The molecule has 3 amide bonds. The first-order chi connectivity index (χ1) is 16.1. The third-order valence-corrected chi connectivity index (χ3v) is 7.83. The molecule has 1 aliphatic heterocycles. The van der Waals surface area contributed by atoms with Crippen LogP contribution in [0.2, 0.25) is 0 Å². The van der Waals surface area contributed by atoms with E-state index >= 15 is 0 Å². The van der Waals surface area contributed by atoms with Gasteiger partial charge in [-0.25, -0.2) is 4.79 Å². The van der Waals surface area contributed by atoms with Crippen molar-refractivity contribution in [1.82, 2.24) is 4.90 Å². The SMILES string of the molecule is CCOC(=O)c1c(NC(=O)CCN2C(=O)c3ccccc3C2=O)sc2c1CCC(C(C)(C)C)C2. The van der Waals surface area contributed by atoms with Crippen molar-refractivity contribution in [1.29, 1.82) is 0 Å². The molecule has 8 heteroatoms. The number of nitrogens with one attached hydrogen (secondary N) is 1. The number of ether oxygens (including phenoxy) is 1. The summed E-state index contributed by atoms with van der Waals surface area (Å²) in [5.41, 5.74) is 2.29. The number of imide groups is 1. The minimum absolute atomic E-state index is 0.0237. The van der Waals surface area contributed by atoms with Gasteiger partial charge >= 0.3 is 5.97 Å². The molecule has 0 radical (unpaired) electrons. The molecule has 0 saturated heterocycles. The van der Waals surface area contributed by atoms with Crippen molar-refractivity contribution in [3.05, 3.63) is 51.4 Å². The molecular weight excluding hydrogens is 452 g/mol. The molecule has 4 rings (SSSR count). The molecule has 0 saturated carbocycles. The Bertz CT molecular complexity index is 1130. The molecule has 1 aliphatic carbocycles. The van der Waals surface area contributed by atoms with Crippen LogP contribution in [0.25, 0.3) is 0 Å². The van der Waals surface area contributed by atoms with Gasteiger partial charge in [0, 0.05) is 17.8 Å². The van der Waals surface area contributed by atoms with Gasteiger partial charge in [-0.3, -0.25) is 19.3 Å². The number of nitrogens with zero attached hydrogens (tertiary/aromatic N) is 1. The van der Waals surface area contributed by atoms with Crippen molar-refractivity contribution < 1.29 is 23.9 Å². The van der Waals surface area contributed by atoms with E-state index < -0.39 is 5.97 Å². The van der Waals surface area contributed by atoms with E-state index in [1.54, 1.807) is 31.2 Å². The second-order valence-corrected chi connectivity index (χ2v) is 10.9. The van der Waals surface area contributed by atoms with Crippen molar-refractivity contribution in [2.24, 2.45) is 11.3 Å². The summed E-state index contributed by atoms with van der Waals surface area (Å²) < 4.78 is 5.29. The van der Waals surface area contributed by atoms with Gasteiger partial charge in [-0.05, 0) is 55.2 Å². The fourth-order valence-corrected chi connectivity index (χ4v) is 6.01. The first-order valence-corrected chi connectivity index (χ1v) is 12.5. The molecule has 7 nitrogen and oxygen atoms in total. The number of esters is 1. The molecule has 2 aliphatic rings. The van der Waals surface area contributed by atoms with Crippen LogP contribution in [0.3, 0.4) is 0 Å². The average Bonchev–Trinajstić information content (AvgIpc) is 3.26. The van der Waals surface area contributed by atoms with Crippen LogP contribution < -0.4 is 5.32 Å². The molecule has 34 heavy (non-hydrogen) atoms. The van der Waals surface area contributed by atoms with Crippen molar-refractivity contribution >= 4 is 40.0 Å². The second kappa shape index (κ2) is 9.33. The van der Waals surface area contributed by atoms with Crippen LogP contribution >= 0.6 is 11.3 Å². The summed E-state index contributed by atoms with van der Waals surface area (Å²) in [6, 6.07) is 6.64. The van der Waals surface area contributed by atoms with Gasteiger partial charge in [-0.1, -0.05) is 32.9 Å². The van der Waals surface area contributed by atoms with Gasteiger partial charge in [-0.15, -0.1) is 11.3 Å². The van der Waals surface area contributed by atoms with E-state index in [0.29, 0.717) is 27.6 Å². The molecule has 2 heterocycles. The topological polar surface area (TPSA) is 92.8 Å². The van der Waals surface area contributed by atoms with E-state index in [1.165, 1.54) is 11.3 Å². The van der Waals surface area contributed by atoms with E-state index in [1.807, 2.05) is 0 Å². The Kier molecular flexibility index (Phi) is 6.62. The van der Waals surface area contributed by atoms with Gasteiger partial charge in [0.05, 0.1) is 23.3 Å². The maximum atomic E-state index is 12.8. The van der Waals surface area contributed by atoms with E-state index in [0.717, 1.165) is 34.6 Å². The van der Waals surface area contributed by atoms with Gasteiger partial charge in [-0.2, -0.15) is 0 Å². The van der Waals surface area contributed by atoms with Crippen LogP contribution in [0.4, 0.5) is 5.00 Å². The highest BCUT2D eigenvalue weighted by molar-refractivity contribution is 7.17. The summed E-state index contributed by atoms with van der Waals surface area (Å²) in [5, 5.41) is 3.36. The van der Waals surface area contributed by atoms with Crippen LogP contribution in [0.1, 0.15) is 82.1 Å². The zero-order valence-corrected chi connectivity index (χ0v) is 20.8. The van der Waals surface area contributed by atoms with Crippen molar-refractivity contribution in [3.63, 3.8) is 0 Å². The monoisotopic (exact) mass is 482 g/mol. The average molecular weight is 483 g/mol. The molecule has 0 fully saturated rings. The van der Waals surface area contributed by atoms with Gasteiger partial charge in [0.2, 0.25) is 5.91 Å². The highest BCUT2D eigenvalue weighted by atomic mass is 32.1. The lowest BCUT2D eigenvalue weighted by molar-refractivity contribution is -0.116. The van der Waals surface area contributed by atoms with Gasteiger partial charge in [0.25, 0.3) is 11.8 Å². The van der Waals surface area contributed by atoms with Gasteiger partial charge in [0.1, 0.15) is 5.00 Å². The van der Waals surface area contributed by atoms with Crippen molar-refractivity contribution in [2.45, 2.75) is 53.4 Å². The number of carbonyl (C=O) groups is 4. The molecular formula is C26H30N2O5S. The van der Waals surface area contributed by atoms with Crippen LogP contribution in [0.5, 0.6) is 0 Å². The van der Waals surface area contributed by atoms with Gasteiger partial charge < -0.3 is 10.1 Å². The largest absolute Gasteiger partial charge is 0.462 e. The number of carbonyl (C=O) groups excluding carboxylic acids is 4. The lowest BCUT2D eigenvalue weighted by Gasteiger charge is -2.33. The third kappa shape index (κ3) is 4.51. The molecule has 1 N–H and O–H groups in total. The van der Waals surface area contributed by atoms with Crippen LogP contribution in [0.15, 0.2) is 24.3 Å². The molecule has 1 unspecified atom stereocenters. The first-order valence-electron chi connectivity index (χ1n) is 11.7. The van der Waals surface area contributed by atoms with E-state index in [4.69, 9.17) is 4.74 Å². The number of amides is 3. The lowest BCUT2D eigenvalue weighted by atomic mass is 9.72. The maximum absolute atomic E-state index is 12.8. The molecule has 0 bridgehead atoms. The lowest BCUT2D eigenvalue weighted by Crippen LogP contribution is -2.33. The Balaban J connectivity index is 1.49.